The largest absolute Gasteiger partial charge is 0.394 e. The third-order valence-corrected chi connectivity index (χ3v) is 3.13. The molecule has 0 bridgehead atoms. The highest BCUT2D eigenvalue weighted by molar-refractivity contribution is 6.35. The molecule has 110 valence electrons. The van der Waals surface area contributed by atoms with Gasteiger partial charge in [-0.05, 0) is 18.4 Å². The fourth-order valence-electron chi connectivity index (χ4n) is 1.85. The lowest BCUT2D eigenvalue weighted by Gasteiger charge is -2.18. The summed E-state index contributed by atoms with van der Waals surface area (Å²) in [6.07, 6.45) is 0.606. The SMILES string of the molecule is CC(C)CC(CO)NC(=O)c1cccc([N+](=O)[O-])c1Cl. The van der Waals surface area contributed by atoms with Gasteiger partial charge in [0.15, 0.2) is 0 Å². The number of hydrogen-bond acceptors (Lipinski definition) is 4. The molecule has 1 rings (SSSR count). The molecular formula is C13H17ClN2O4. The maximum absolute atomic E-state index is 12.1. The average Bonchev–Trinajstić information content (AvgIpc) is 2.37. The van der Waals surface area contributed by atoms with Crippen LogP contribution in [0.1, 0.15) is 30.6 Å². The minimum absolute atomic E-state index is 0.0306. The highest BCUT2D eigenvalue weighted by Gasteiger charge is 2.21. The highest BCUT2D eigenvalue weighted by atomic mass is 35.5. The summed E-state index contributed by atoms with van der Waals surface area (Å²) in [5, 5.41) is 22.4. The van der Waals surface area contributed by atoms with Crippen molar-refractivity contribution in [3.63, 3.8) is 0 Å². The van der Waals surface area contributed by atoms with Gasteiger partial charge in [0.05, 0.1) is 23.1 Å². The Balaban J connectivity index is 2.92. The van der Waals surface area contributed by atoms with Crippen LogP contribution in [0.4, 0.5) is 5.69 Å². The van der Waals surface area contributed by atoms with E-state index in [4.69, 9.17) is 11.6 Å². The average molecular weight is 301 g/mol. The topological polar surface area (TPSA) is 92.5 Å². The molecule has 0 aromatic heterocycles. The first kappa shape index (κ1) is 16.4. The van der Waals surface area contributed by atoms with Crippen molar-refractivity contribution in [3.8, 4) is 0 Å². The molecule has 0 aliphatic carbocycles. The summed E-state index contributed by atoms with van der Waals surface area (Å²) in [6, 6.07) is 3.64. The second-order valence-electron chi connectivity index (χ2n) is 4.88. The highest BCUT2D eigenvalue weighted by Crippen LogP contribution is 2.27. The molecule has 0 aliphatic rings. The van der Waals surface area contributed by atoms with Crippen molar-refractivity contribution in [1.29, 1.82) is 0 Å². The number of carbonyl (C=O) groups excluding carboxylic acids is 1. The van der Waals surface area contributed by atoms with E-state index in [0.717, 1.165) is 0 Å². The number of nitro groups is 1. The smallest absolute Gasteiger partial charge is 0.288 e. The van der Waals surface area contributed by atoms with Crippen LogP contribution in [0.5, 0.6) is 0 Å². The van der Waals surface area contributed by atoms with Crippen LogP contribution < -0.4 is 5.32 Å². The summed E-state index contributed by atoms with van der Waals surface area (Å²) in [5.74, 6) is -0.230. The Morgan fingerprint density at radius 3 is 2.65 bits per heavy atom. The summed E-state index contributed by atoms with van der Waals surface area (Å²) in [4.78, 5) is 22.2. The van der Waals surface area contributed by atoms with E-state index in [0.29, 0.717) is 12.3 Å². The van der Waals surface area contributed by atoms with Crippen LogP contribution in [0.3, 0.4) is 0 Å². The van der Waals surface area contributed by atoms with Crippen LogP contribution in [-0.4, -0.2) is 28.6 Å². The van der Waals surface area contributed by atoms with Gasteiger partial charge in [-0.2, -0.15) is 0 Å². The number of amides is 1. The van der Waals surface area contributed by atoms with E-state index in [1.54, 1.807) is 0 Å². The fourth-order valence-corrected chi connectivity index (χ4v) is 2.13. The van der Waals surface area contributed by atoms with Crippen LogP contribution in [0, 0.1) is 16.0 Å². The molecule has 1 aromatic rings. The second kappa shape index (κ2) is 7.21. The summed E-state index contributed by atoms with van der Waals surface area (Å²) < 4.78 is 0. The van der Waals surface area contributed by atoms with Gasteiger partial charge < -0.3 is 10.4 Å². The zero-order valence-corrected chi connectivity index (χ0v) is 12.1. The van der Waals surface area contributed by atoms with Gasteiger partial charge in [0.2, 0.25) is 0 Å². The maximum atomic E-state index is 12.1. The summed E-state index contributed by atoms with van der Waals surface area (Å²) >= 11 is 5.87. The summed E-state index contributed by atoms with van der Waals surface area (Å²) in [6.45, 7) is 3.74. The first-order valence-electron chi connectivity index (χ1n) is 6.21. The third-order valence-electron chi connectivity index (χ3n) is 2.73. The molecule has 0 saturated heterocycles. The normalized spacial score (nSPS) is 12.2. The van der Waals surface area contributed by atoms with Gasteiger partial charge in [-0.1, -0.05) is 31.5 Å². The number of hydrogen-bond donors (Lipinski definition) is 2. The molecule has 0 heterocycles. The van der Waals surface area contributed by atoms with Gasteiger partial charge in [0, 0.05) is 6.07 Å². The fraction of sp³-hybridized carbons (Fsp3) is 0.462. The molecule has 1 aromatic carbocycles. The molecular weight excluding hydrogens is 284 g/mol. The van der Waals surface area contributed by atoms with Gasteiger partial charge in [0.25, 0.3) is 11.6 Å². The number of benzene rings is 1. The van der Waals surface area contributed by atoms with E-state index >= 15 is 0 Å². The Morgan fingerprint density at radius 2 is 2.15 bits per heavy atom. The predicted octanol–water partition coefficient (Wildman–Crippen LogP) is 2.39. The van der Waals surface area contributed by atoms with Crippen molar-refractivity contribution in [1.82, 2.24) is 5.32 Å². The number of nitrogens with zero attached hydrogens (tertiary/aromatic N) is 1. The van der Waals surface area contributed by atoms with E-state index in [1.165, 1.54) is 18.2 Å². The van der Waals surface area contributed by atoms with Crippen LogP contribution >= 0.6 is 11.6 Å². The Morgan fingerprint density at radius 1 is 1.50 bits per heavy atom. The van der Waals surface area contributed by atoms with Crippen molar-refractivity contribution >= 4 is 23.2 Å². The lowest BCUT2D eigenvalue weighted by molar-refractivity contribution is -0.384. The Kier molecular flexibility index (Phi) is 5.91. The molecule has 0 fully saturated rings. The first-order valence-corrected chi connectivity index (χ1v) is 6.59. The van der Waals surface area contributed by atoms with Gasteiger partial charge in [-0.3, -0.25) is 14.9 Å². The van der Waals surface area contributed by atoms with Gasteiger partial charge >= 0.3 is 0 Å². The maximum Gasteiger partial charge on any atom is 0.288 e. The van der Waals surface area contributed by atoms with E-state index in [1.807, 2.05) is 13.8 Å². The zero-order valence-electron chi connectivity index (χ0n) is 11.3. The predicted molar refractivity (Wildman–Crippen MR) is 75.9 cm³/mol. The standard InChI is InChI=1S/C13H17ClN2O4/c1-8(2)6-9(7-17)15-13(18)10-4-3-5-11(12(10)14)16(19)20/h3-5,8-9,17H,6-7H2,1-2H3,(H,15,18). The van der Waals surface area contributed by atoms with Gasteiger partial charge in [-0.15, -0.1) is 0 Å². The summed E-state index contributed by atoms with van der Waals surface area (Å²) in [7, 11) is 0. The Hall–Kier alpha value is -1.66. The molecule has 6 nitrogen and oxygen atoms in total. The van der Waals surface area contributed by atoms with E-state index in [9.17, 15) is 20.0 Å². The number of carbonyl (C=O) groups is 1. The molecule has 7 heteroatoms. The molecule has 1 atom stereocenters. The number of nitro benzene ring substituents is 1. The van der Waals surface area contributed by atoms with Crippen molar-refractivity contribution in [3.05, 3.63) is 38.9 Å². The lowest BCUT2D eigenvalue weighted by atomic mass is 10.0. The molecule has 0 saturated carbocycles. The molecule has 1 unspecified atom stereocenters. The minimum Gasteiger partial charge on any atom is -0.394 e. The molecule has 20 heavy (non-hydrogen) atoms. The van der Waals surface area contributed by atoms with Crippen molar-refractivity contribution in [2.24, 2.45) is 5.92 Å². The van der Waals surface area contributed by atoms with E-state index in [2.05, 4.69) is 5.32 Å². The molecule has 0 spiro atoms. The molecule has 1 amide bonds. The monoisotopic (exact) mass is 300 g/mol. The van der Waals surface area contributed by atoms with Crippen LogP contribution in [0.15, 0.2) is 18.2 Å². The quantitative estimate of drug-likeness (QED) is 0.623. The van der Waals surface area contributed by atoms with Crippen LogP contribution in [0.2, 0.25) is 5.02 Å². The number of nitrogens with one attached hydrogen (secondary N) is 1. The van der Waals surface area contributed by atoms with Crippen LogP contribution in [-0.2, 0) is 0 Å². The number of aliphatic hydroxyl groups is 1. The van der Waals surface area contributed by atoms with Gasteiger partial charge in [-0.25, -0.2) is 0 Å². The second-order valence-corrected chi connectivity index (χ2v) is 5.26. The van der Waals surface area contributed by atoms with Crippen molar-refractivity contribution in [2.75, 3.05) is 6.61 Å². The number of rotatable bonds is 6. The molecule has 2 N–H and O–H groups in total. The first-order chi connectivity index (χ1) is 9.36. The Labute approximate surface area is 121 Å². The van der Waals surface area contributed by atoms with Crippen molar-refractivity contribution in [2.45, 2.75) is 26.3 Å². The summed E-state index contributed by atoms with van der Waals surface area (Å²) in [5.41, 5.74) is -0.285. The van der Waals surface area contributed by atoms with E-state index in [-0.39, 0.29) is 22.9 Å². The number of aliphatic hydroxyl groups excluding tert-OH is 1. The van der Waals surface area contributed by atoms with E-state index < -0.39 is 16.9 Å². The van der Waals surface area contributed by atoms with Crippen LogP contribution in [0.25, 0.3) is 0 Å². The number of halogens is 1. The zero-order chi connectivity index (χ0) is 15.3. The Bertz CT molecular complexity index is 505. The van der Waals surface area contributed by atoms with Gasteiger partial charge in [0.1, 0.15) is 5.02 Å². The lowest BCUT2D eigenvalue weighted by Crippen LogP contribution is -2.38. The van der Waals surface area contributed by atoms with Crippen molar-refractivity contribution < 1.29 is 14.8 Å². The molecule has 0 radical (unpaired) electrons. The third kappa shape index (κ3) is 4.18. The molecule has 0 aliphatic heterocycles. The minimum atomic E-state index is -0.642.